The fraction of sp³-hybridized carbons (Fsp3) is 0.360. The highest BCUT2D eigenvalue weighted by atomic mass is 127. The summed E-state index contributed by atoms with van der Waals surface area (Å²) in [4.78, 5) is 0. The molecule has 0 aliphatic carbocycles. The van der Waals surface area contributed by atoms with Crippen molar-refractivity contribution in [2.24, 2.45) is 0 Å². The predicted octanol–water partition coefficient (Wildman–Crippen LogP) is 6.63. The topological polar surface area (TPSA) is 9.23 Å². The standard InChI is InChI=1S/C25H33IOSi/c1-21(13-12-14-22(2)26)19-20-27-28(25(3,4)5,23-15-8-6-9-16-23)24-17-10-7-11-18-24/h6-11,14-19H,12-13,20H2,1-5H3/b21-19+,22-14-. The lowest BCUT2D eigenvalue weighted by atomic mass is 10.1. The molecule has 0 heterocycles. The van der Waals surface area contributed by atoms with Gasteiger partial charge in [-0.25, -0.2) is 0 Å². The second-order valence-electron chi connectivity index (χ2n) is 8.35. The van der Waals surface area contributed by atoms with Crippen molar-refractivity contribution in [3.63, 3.8) is 0 Å². The Hall–Kier alpha value is -1.17. The summed E-state index contributed by atoms with van der Waals surface area (Å²) in [6.45, 7) is 12.0. The molecular weight excluding hydrogens is 471 g/mol. The van der Waals surface area contributed by atoms with Crippen LogP contribution in [0.4, 0.5) is 0 Å². The minimum atomic E-state index is -2.42. The number of hydrogen-bond acceptors (Lipinski definition) is 1. The maximum atomic E-state index is 6.91. The molecule has 0 amide bonds. The van der Waals surface area contributed by atoms with Gasteiger partial charge < -0.3 is 4.43 Å². The summed E-state index contributed by atoms with van der Waals surface area (Å²) in [6.07, 6.45) is 6.75. The van der Waals surface area contributed by atoms with E-state index in [1.165, 1.54) is 19.5 Å². The monoisotopic (exact) mass is 504 g/mol. The molecule has 0 bridgehead atoms. The minimum Gasteiger partial charge on any atom is -0.404 e. The number of rotatable bonds is 8. The van der Waals surface area contributed by atoms with Crippen molar-refractivity contribution in [2.75, 3.05) is 6.61 Å². The lowest BCUT2D eigenvalue weighted by Crippen LogP contribution is -2.66. The van der Waals surface area contributed by atoms with Gasteiger partial charge in [-0.1, -0.05) is 99.2 Å². The van der Waals surface area contributed by atoms with Crippen LogP contribution in [-0.4, -0.2) is 14.9 Å². The van der Waals surface area contributed by atoms with Crippen LogP contribution in [0.3, 0.4) is 0 Å². The lowest BCUT2D eigenvalue weighted by Gasteiger charge is -2.42. The van der Waals surface area contributed by atoms with Gasteiger partial charge in [0.2, 0.25) is 0 Å². The van der Waals surface area contributed by atoms with Gasteiger partial charge in [0.25, 0.3) is 8.32 Å². The van der Waals surface area contributed by atoms with E-state index in [0.717, 1.165) is 12.8 Å². The highest BCUT2D eigenvalue weighted by Gasteiger charge is 2.49. The molecule has 3 heteroatoms. The molecule has 2 aromatic rings. The maximum Gasteiger partial charge on any atom is 0.261 e. The van der Waals surface area contributed by atoms with E-state index in [1.807, 2.05) is 0 Å². The molecule has 0 aromatic heterocycles. The number of halogens is 1. The molecule has 2 aromatic carbocycles. The predicted molar refractivity (Wildman–Crippen MR) is 134 cm³/mol. The van der Waals surface area contributed by atoms with Gasteiger partial charge in [-0.15, -0.1) is 0 Å². The molecule has 0 atom stereocenters. The Kier molecular flexibility index (Phi) is 8.72. The van der Waals surface area contributed by atoms with E-state index < -0.39 is 8.32 Å². The maximum absolute atomic E-state index is 6.91. The van der Waals surface area contributed by atoms with E-state index in [-0.39, 0.29) is 5.04 Å². The van der Waals surface area contributed by atoms with Crippen LogP contribution in [-0.2, 0) is 4.43 Å². The highest BCUT2D eigenvalue weighted by molar-refractivity contribution is 14.1. The molecule has 0 aliphatic rings. The first-order valence-electron chi connectivity index (χ1n) is 10.0. The van der Waals surface area contributed by atoms with Gasteiger partial charge >= 0.3 is 0 Å². The molecule has 0 unspecified atom stereocenters. The van der Waals surface area contributed by atoms with Gasteiger partial charge in [0.1, 0.15) is 0 Å². The van der Waals surface area contributed by atoms with Crippen molar-refractivity contribution in [2.45, 2.75) is 52.5 Å². The third kappa shape index (κ3) is 5.91. The summed E-state index contributed by atoms with van der Waals surface area (Å²) < 4.78 is 8.27. The van der Waals surface area contributed by atoms with Crippen LogP contribution >= 0.6 is 22.6 Å². The molecule has 0 spiro atoms. The van der Waals surface area contributed by atoms with Crippen LogP contribution in [0.25, 0.3) is 0 Å². The van der Waals surface area contributed by atoms with E-state index >= 15 is 0 Å². The van der Waals surface area contributed by atoms with Crippen LogP contribution in [0.5, 0.6) is 0 Å². The molecule has 0 fully saturated rings. The normalized spacial score (nSPS) is 13.6. The van der Waals surface area contributed by atoms with Crippen LogP contribution in [0.15, 0.2) is 82.0 Å². The van der Waals surface area contributed by atoms with E-state index in [2.05, 4.69) is 130 Å². The van der Waals surface area contributed by atoms with Crippen LogP contribution < -0.4 is 10.4 Å². The van der Waals surface area contributed by atoms with E-state index in [0.29, 0.717) is 6.61 Å². The largest absolute Gasteiger partial charge is 0.404 e. The van der Waals surface area contributed by atoms with E-state index in [4.69, 9.17) is 4.43 Å². The first kappa shape index (κ1) is 23.1. The Morgan fingerprint density at radius 1 is 0.893 bits per heavy atom. The molecule has 0 N–H and O–H groups in total. The van der Waals surface area contributed by atoms with E-state index in [9.17, 15) is 0 Å². The Morgan fingerprint density at radius 2 is 1.39 bits per heavy atom. The Morgan fingerprint density at radius 3 is 1.82 bits per heavy atom. The summed E-state index contributed by atoms with van der Waals surface area (Å²) in [7, 11) is -2.42. The molecule has 28 heavy (non-hydrogen) atoms. The van der Waals surface area contributed by atoms with E-state index in [1.54, 1.807) is 0 Å². The zero-order chi connectivity index (χ0) is 20.6. The van der Waals surface area contributed by atoms with Gasteiger partial charge in [-0.3, -0.25) is 0 Å². The highest BCUT2D eigenvalue weighted by Crippen LogP contribution is 2.36. The summed E-state index contributed by atoms with van der Waals surface area (Å²) >= 11 is 2.37. The molecule has 2 rings (SSSR count). The second kappa shape index (κ2) is 10.6. The molecule has 150 valence electrons. The van der Waals surface area contributed by atoms with Gasteiger partial charge in [-0.05, 0) is 68.3 Å². The SMILES string of the molecule is C/C(I)=C/CC/C(C)=C/CO[Si](c1ccccc1)(c1ccccc1)C(C)(C)C. The molecule has 0 aliphatic heterocycles. The quantitative estimate of drug-likeness (QED) is 0.223. The van der Waals surface area contributed by atoms with Crippen molar-refractivity contribution in [3.05, 3.63) is 82.0 Å². The fourth-order valence-corrected chi connectivity index (χ4v) is 8.47. The summed E-state index contributed by atoms with van der Waals surface area (Å²) in [5.74, 6) is 0. The zero-order valence-electron chi connectivity index (χ0n) is 17.8. The fourth-order valence-electron chi connectivity index (χ4n) is 3.67. The van der Waals surface area contributed by atoms with Gasteiger partial charge in [0, 0.05) is 0 Å². The summed E-state index contributed by atoms with van der Waals surface area (Å²) in [5, 5.41) is 2.70. The Bertz CT molecular complexity index is 745. The number of allylic oxidation sites excluding steroid dienone is 3. The van der Waals surface area contributed by atoms with Gasteiger partial charge in [-0.2, -0.15) is 0 Å². The third-order valence-corrected chi connectivity index (χ3v) is 10.6. The van der Waals surface area contributed by atoms with Gasteiger partial charge in [0.15, 0.2) is 0 Å². The summed E-state index contributed by atoms with van der Waals surface area (Å²) in [6, 6.07) is 21.7. The first-order chi connectivity index (χ1) is 13.3. The van der Waals surface area contributed by atoms with Crippen molar-refractivity contribution in [1.82, 2.24) is 0 Å². The lowest BCUT2D eigenvalue weighted by molar-refractivity contribution is 0.338. The van der Waals surface area contributed by atoms with Crippen molar-refractivity contribution in [1.29, 1.82) is 0 Å². The number of benzene rings is 2. The molecule has 1 nitrogen and oxygen atoms in total. The molecule has 0 saturated carbocycles. The minimum absolute atomic E-state index is 0.0263. The Balaban J connectivity index is 2.35. The summed E-state index contributed by atoms with van der Waals surface area (Å²) in [5.41, 5.74) is 1.40. The van der Waals surface area contributed by atoms with Crippen LogP contribution in [0.2, 0.25) is 5.04 Å². The van der Waals surface area contributed by atoms with Crippen LogP contribution in [0.1, 0.15) is 47.5 Å². The van der Waals surface area contributed by atoms with Crippen molar-refractivity contribution < 1.29 is 4.43 Å². The van der Waals surface area contributed by atoms with Crippen molar-refractivity contribution in [3.8, 4) is 0 Å². The third-order valence-electron chi connectivity index (χ3n) is 5.11. The number of hydrogen-bond donors (Lipinski definition) is 0. The molecular formula is C25H33IOSi. The zero-order valence-corrected chi connectivity index (χ0v) is 21.0. The first-order valence-corrected chi connectivity index (χ1v) is 13.0. The molecule has 0 saturated heterocycles. The Labute approximate surface area is 186 Å². The molecule has 0 radical (unpaired) electrons. The average molecular weight is 505 g/mol. The smallest absolute Gasteiger partial charge is 0.261 e. The second-order valence-corrected chi connectivity index (χ2v) is 14.4. The van der Waals surface area contributed by atoms with Gasteiger partial charge in [0.05, 0.1) is 6.61 Å². The average Bonchev–Trinajstić information content (AvgIpc) is 2.65. The van der Waals surface area contributed by atoms with Crippen molar-refractivity contribution >= 4 is 41.3 Å². The van der Waals surface area contributed by atoms with Crippen LogP contribution in [0, 0.1) is 0 Å².